The number of fused-ring (bicyclic) bond motifs is 1. The third kappa shape index (κ3) is 5.10. The highest BCUT2D eigenvalue weighted by atomic mass is 32.1. The molecule has 1 unspecified atom stereocenters. The maximum atomic E-state index is 2.53. The van der Waals surface area contributed by atoms with Gasteiger partial charge in [0.15, 0.2) is 0 Å². The van der Waals surface area contributed by atoms with E-state index in [-0.39, 0.29) is 0 Å². The van der Waals surface area contributed by atoms with E-state index in [9.17, 15) is 0 Å². The van der Waals surface area contributed by atoms with Gasteiger partial charge in [0.05, 0.1) is 0 Å². The summed E-state index contributed by atoms with van der Waals surface area (Å²) in [6.07, 6.45) is 15.5. The van der Waals surface area contributed by atoms with Crippen molar-refractivity contribution >= 4 is 32.1 Å². The topological polar surface area (TPSA) is 0 Å². The van der Waals surface area contributed by atoms with Gasteiger partial charge in [-0.1, -0.05) is 65.7 Å². The van der Waals surface area contributed by atoms with E-state index >= 15 is 0 Å². The number of rotatable bonds is 9. The number of hydrogen-bond donors (Lipinski definition) is 0. The molecule has 3 rings (SSSR count). The third-order valence-electron chi connectivity index (χ3n) is 6.32. The summed E-state index contributed by atoms with van der Waals surface area (Å²) >= 11 is 4.14. The van der Waals surface area contributed by atoms with Gasteiger partial charge in [0.1, 0.15) is 0 Å². The summed E-state index contributed by atoms with van der Waals surface area (Å²) in [5.41, 5.74) is 0. The smallest absolute Gasteiger partial charge is 0.0456 e. The first-order chi connectivity index (χ1) is 12.2. The van der Waals surface area contributed by atoms with E-state index in [2.05, 4.69) is 55.6 Å². The summed E-state index contributed by atoms with van der Waals surface area (Å²) in [7, 11) is 0. The summed E-state index contributed by atoms with van der Waals surface area (Å²) in [4.78, 5) is 3.25. The van der Waals surface area contributed by atoms with Crippen molar-refractivity contribution in [2.75, 3.05) is 0 Å². The molecule has 0 spiro atoms. The molecular formula is C23H36S2. The summed E-state index contributed by atoms with van der Waals surface area (Å²) in [6.45, 7) is 7.11. The number of hydrogen-bond acceptors (Lipinski definition) is 2. The van der Waals surface area contributed by atoms with E-state index in [4.69, 9.17) is 0 Å². The third-order valence-corrected chi connectivity index (χ3v) is 8.87. The summed E-state index contributed by atoms with van der Waals surface area (Å²) in [5.74, 6) is 2.72. The van der Waals surface area contributed by atoms with E-state index in [1.54, 1.807) is 19.2 Å². The molecule has 1 aliphatic rings. The Labute approximate surface area is 163 Å². The van der Waals surface area contributed by atoms with Gasteiger partial charge < -0.3 is 0 Å². The molecule has 1 aliphatic carbocycles. The maximum Gasteiger partial charge on any atom is 0.0456 e. The van der Waals surface area contributed by atoms with E-state index < -0.39 is 0 Å². The number of unbranched alkanes of at least 4 members (excludes halogenated alkanes) is 3. The van der Waals surface area contributed by atoms with Gasteiger partial charge in [0.2, 0.25) is 0 Å². The van der Waals surface area contributed by atoms with Gasteiger partial charge in [-0.3, -0.25) is 0 Å². The van der Waals surface area contributed by atoms with Crippen LogP contribution < -0.4 is 0 Å². The second-order valence-corrected chi connectivity index (χ2v) is 10.5. The molecule has 140 valence electrons. The van der Waals surface area contributed by atoms with Gasteiger partial charge >= 0.3 is 0 Å². The van der Waals surface area contributed by atoms with Crippen LogP contribution in [0.1, 0.15) is 101 Å². The Bertz CT molecular complexity index is 596. The molecule has 1 atom stereocenters. The first-order valence-corrected chi connectivity index (χ1v) is 12.4. The highest BCUT2D eigenvalue weighted by Gasteiger charge is 2.27. The zero-order valence-electron chi connectivity index (χ0n) is 16.5. The fourth-order valence-corrected chi connectivity index (χ4v) is 7.12. The normalized spacial score (nSPS) is 22.5. The summed E-state index contributed by atoms with van der Waals surface area (Å²) < 4.78 is 3.10. The lowest BCUT2D eigenvalue weighted by molar-refractivity contribution is 0.238. The Morgan fingerprint density at radius 2 is 1.64 bits per heavy atom. The fourth-order valence-electron chi connectivity index (χ4n) is 4.50. The second kappa shape index (κ2) is 9.55. The van der Waals surface area contributed by atoms with E-state index in [1.807, 2.05) is 0 Å². The molecule has 0 bridgehead atoms. The van der Waals surface area contributed by atoms with Crippen LogP contribution in [-0.2, 0) is 6.42 Å². The molecule has 0 aliphatic heterocycles. The molecule has 25 heavy (non-hydrogen) atoms. The van der Waals surface area contributed by atoms with Gasteiger partial charge in [0.25, 0.3) is 0 Å². The second-order valence-electron chi connectivity index (χ2n) is 8.26. The standard InChI is InChI=1S/C23H36S2/c1-4-6-8-10-20-15-22-23(24-20)16-21(25-22)17(3)19-13-11-18(12-14-19)9-7-5-2/h15-19H,4-14H2,1-3H3. The minimum absolute atomic E-state index is 0.764. The van der Waals surface area contributed by atoms with Crippen LogP contribution in [0.4, 0.5) is 0 Å². The Morgan fingerprint density at radius 1 is 0.920 bits per heavy atom. The molecule has 0 radical (unpaired) electrons. The highest BCUT2D eigenvalue weighted by Crippen LogP contribution is 2.44. The van der Waals surface area contributed by atoms with Gasteiger partial charge in [0, 0.05) is 19.2 Å². The highest BCUT2D eigenvalue weighted by molar-refractivity contribution is 7.27. The summed E-state index contributed by atoms with van der Waals surface area (Å²) in [6, 6.07) is 5.01. The fraction of sp³-hybridized carbons (Fsp3) is 0.739. The molecule has 1 saturated carbocycles. The Hall–Kier alpha value is -0.340. The van der Waals surface area contributed by atoms with Gasteiger partial charge in [-0.25, -0.2) is 0 Å². The van der Waals surface area contributed by atoms with E-state index in [0.717, 1.165) is 17.8 Å². The molecule has 2 aromatic heterocycles. The van der Waals surface area contributed by atoms with Gasteiger partial charge in [-0.05, 0) is 55.6 Å². The zero-order valence-corrected chi connectivity index (χ0v) is 18.1. The Morgan fingerprint density at radius 3 is 2.32 bits per heavy atom. The van der Waals surface area contributed by atoms with Crippen molar-refractivity contribution in [1.82, 2.24) is 0 Å². The maximum absolute atomic E-state index is 2.53. The predicted molar refractivity (Wildman–Crippen MR) is 116 cm³/mol. The van der Waals surface area contributed by atoms with Crippen LogP contribution >= 0.6 is 22.7 Å². The van der Waals surface area contributed by atoms with Crippen molar-refractivity contribution in [3.63, 3.8) is 0 Å². The molecule has 0 saturated heterocycles. The van der Waals surface area contributed by atoms with Crippen LogP contribution in [0.2, 0.25) is 0 Å². The Kier molecular flexibility index (Phi) is 7.42. The average Bonchev–Trinajstić information content (AvgIpc) is 3.18. The number of thiophene rings is 2. The molecule has 0 amide bonds. The van der Waals surface area contributed by atoms with Crippen molar-refractivity contribution in [3.8, 4) is 0 Å². The van der Waals surface area contributed by atoms with E-state index in [0.29, 0.717) is 0 Å². The predicted octanol–water partition coefficient (Wildman–Crippen LogP) is 8.80. The largest absolute Gasteiger partial charge is 0.139 e. The first-order valence-electron chi connectivity index (χ1n) is 10.7. The zero-order chi connectivity index (χ0) is 17.6. The van der Waals surface area contributed by atoms with Crippen molar-refractivity contribution in [3.05, 3.63) is 21.9 Å². The van der Waals surface area contributed by atoms with E-state index in [1.165, 1.54) is 70.6 Å². The van der Waals surface area contributed by atoms with Crippen LogP contribution in [-0.4, -0.2) is 0 Å². The molecule has 2 heterocycles. The van der Waals surface area contributed by atoms with Crippen molar-refractivity contribution in [2.45, 2.75) is 97.3 Å². The lowest BCUT2D eigenvalue weighted by Gasteiger charge is -2.32. The van der Waals surface area contributed by atoms with Crippen LogP contribution in [0, 0.1) is 11.8 Å². The van der Waals surface area contributed by atoms with Crippen LogP contribution in [0.15, 0.2) is 12.1 Å². The molecule has 0 nitrogen and oxygen atoms in total. The average molecular weight is 377 g/mol. The molecule has 1 fully saturated rings. The van der Waals surface area contributed by atoms with Gasteiger partial charge in [-0.2, -0.15) is 0 Å². The number of aryl methyl sites for hydroxylation is 1. The Balaban J connectivity index is 1.55. The van der Waals surface area contributed by atoms with Crippen LogP contribution in [0.5, 0.6) is 0 Å². The molecule has 2 heteroatoms. The SMILES string of the molecule is CCCCCc1cc2sc(C(C)C3CCC(CCCC)CC3)cc2s1. The van der Waals surface area contributed by atoms with Crippen molar-refractivity contribution in [2.24, 2.45) is 11.8 Å². The molecule has 0 N–H and O–H groups in total. The monoisotopic (exact) mass is 376 g/mol. The first kappa shape index (κ1) is 19.4. The van der Waals surface area contributed by atoms with Crippen LogP contribution in [0.25, 0.3) is 9.40 Å². The van der Waals surface area contributed by atoms with Crippen molar-refractivity contribution in [1.29, 1.82) is 0 Å². The summed E-state index contributed by atoms with van der Waals surface area (Å²) in [5, 5.41) is 0. The quantitative estimate of drug-likeness (QED) is 0.383. The molecule has 2 aromatic rings. The minimum atomic E-state index is 0.764. The lowest BCUT2D eigenvalue weighted by Crippen LogP contribution is -2.18. The van der Waals surface area contributed by atoms with Crippen molar-refractivity contribution < 1.29 is 0 Å². The molecular weight excluding hydrogens is 340 g/mol. The molecule has 0 aromatic carbocycles. The lowest BCUT2D eigenvalue weighted by atomic mass is 9.74. The van der Waals surface area contributed by atoms with Crippen LogP contribution in [0.3, 0.4) is 0 Å². The van der Waals surface area contributed by atoms with Gasteiger partial charge in [-0.15, -0.1) is 22.7 Å². The minimum Gasteiger partial charge on any atom is -0.139 e.